The number of aliphatic hydroxyl groups excluding tert-OH is 1. The number of unbranched alkanes of at least 4 members (excludes halogenated alkanes) is 2. The largest absolute Gasteiger partial charge is 0.396 e. The molecule has 0 bridgehead atoms. The van der Waals surface area contributed by atoms with Gasteiger partial charge in [0.1, 0.15) is 5.82 Å². The quantitative estimate of drug-likeness (QED) is 0.385. The van der Waals surface area contributed by atoms with Crippen molar-refractivity contribution in [3.05, 3.63) is 69.5 Å². The van der Waals surface area contributed by atoms with Gasteiger partial charge in [0.2, 0.25) is 0 Å². The summed E-state index contributed by atoms with van der Waals surface area (Å²) in [6.07, 6.45) is 5.02. The number of nitro groups is 1. The van der Waals surface area contributed by atoms with Crippen LogP contribution >= 0.6 is 0 Å². The van der Waals surface area contributed by atoms with Gasteiger partial charge in [0, 0.05) is 29.4 Å². The molecule has 0 saturated heterocycles. The van der Waals surface area contributed by atoms with Crippen LogP contribution in [0.25, 0.3) is 0 Å². The highest BCUT2D eigenvalue weighted by Crippen LogP contribution is 2.23. The molecule has 0 aliphatic rings. The molecular weight excluding hydrogens is 405 g/mol. The maximum Gasteiger partial charge on any atom is 0.269 e. The van der Waals surface area contributed by atoms with Gasteiger partial charge >= 0.3 is 0 Å². The van der Waals surface area contributed by atoms with Gasteiger partial charge < -0.3 is 5.11 Å². The molecular formula is C23H32FNO4S. The minimum Gasteiger partial charge on any atom is -0.396 e. The minimum atomic E-state index is -1.38. The normalized spacial score (nSPS) is 12.6. The van der Waals surface area contributed by atoms with Gasteiger partial charge in [-0.25, -0.2) is 4.39 Å². The average Bonchev–Trinajstić information content (AvgIpc) is 2.73. The SMILES string of the molecule is CCC(CO)CS(=O)c1ccc(F)cc1Cc1cccc([N+](=O)[O-])c1.CCCCC. The molecule has 2 atom stereocenters. The van der Waals surface area contributed by atoms with E-state index in [4.69, 9.17) is 0 Å². The average molecular weight is 438 g/mol. The maximum absolute atomic E-state index is 13.7. The number of halogens is 1. The lowest BCUT2D eigenvalue weighted by molar-refractivity contribution is -0.384. The molecule has 2 aromatic rings. The fraction of sp³-hybridized carbons (Fsp3) is 0.478. The molecule has 1 N–H and O–H groups in total. The lowest BCUT2D eigenvalue weighted by Gasteiger charge is -2.14. The van der Waals surface area contributed by atoms with Crippen molar-refractivity contribution in [2.45, 2.75) is 57.8 Å². The molecule has 0 saturated carbocycles. The molecule has 0 fully saturated rings. The Morgan fingerprint density at radius 1 is 1.13 bits per heavy atom. The Balaban J connectivity index is 0.000000804. The Bertz CT molecular complexity index is 823. The van der Waals surface area contributed by atoms with E-state index in [1.165, 1.54) is 49.6 Å². The Morgan fingerprint density at radius 2 is 1.83 bits per heavy atom. The number of hydrogen-bond acceptors (Lipinski definition) is 4. The molecule has 0 aliphatic heterocycles. The van der Waals surface area contributed by atoms with Gasteiger partial charge in [0.15, 0.2) is 0 Å². The number of nitro benzene ring substituents is 1. The Hall–Kier alpha value is -2.12. The van der Waals surface area contributed by atoms with E-state index < -0.39 is 21.5 Å². The van der Waals surface area contributed by atoms with E-state index in [0.29, 0.717) is 28.2 Å². The van der Waals surface area contributed by atoms with Crippen molar-refractivity contribution in [1.29, 1.82) is 0 Å². The smallest absolute Gasteiger partial charge is 0.269 e. The first kappa shape index (κ1) is 25.9. The summed E-state index contributed by atoms with van der Waals surface area (Å²) in [5.74, 6) is -0.243. The van der Waals surface area contributed by atoms with Gasteiger partial charge in [-0.2, -0.15) is 0 Å². The summed E-state index contributed by atoms with van der Waals surface area (Å²) in [5.41, 5.74) is 1.14. The summed E-state index contributed by atoms with van der Waals surface area (Å²) >= 11 is 0. The molecule has 166 valence electrons. The zero-order valence-electron chi connectivity index (χ0n) is 18.0. The highest BCUT2D eigenvalue weighted by Gasteiger charge is 2.16. The molecule has 0 spiro atoms. The number of rotatable bonds is 10. The number of aliphatic hydroxyl groups is 1. The number of non-ortho nitro benzene ring substituents is 1. The third-order valence-corrected chi connectivity index (χ3v) is 6.38. The predicted molar refractivity (Wildman–Crippen MR) is 120 cm³/mol. The van der Waals surface area contributed by atoms with Gasteiger partial charge in [0.25, 0.3) is 5.69 Å². The maximum atomic E-state index is 13.7. The minimum absolute atomic E-state index is 0.0390. The van der Waals surface area contributed by atoms with Crippen LogP contribution in [0.4, 0.5) is 10.1 Å². The third-order valence-electron chi connectivity index (χ3n) is 4.71. The van der Waals surface area contributed by atoms with Crippen molar-refractivity contribution in [1.82, 2.24) is 0 Å². The molecule has 7 heteroatoms. The van der Waals surface area contributed by atoms with Crippen molar-refractivity contribution in [3.63, 3.8) is 0 Å². The van der Waals surface area contributed by atoms with E-state index in [9.17, 15) is 23.8 Å². The van der Waals surface area contributed by atoms with Crippen LogP contribution in [0.5, 0.6) is 0 Å². The first-order chi connectivity index (χ1) is 14.4. The van der Waals surface area contributed by atoms with E-state index in [-0.39, 0.29) is 24.6 Å². The molecule has 2 rings (SSSR count). The summed E-state index contributed by atoms with van der Waals surface area (Å²) in [6, 6.07) is 10.2. The summed E-state index contributed by atoms with van der Waals surface area (Å²) < 4.78 is 26.3. The zero-order valence-corrected chi connectivity index (χ0v) is 18.8. The van der Waals surface area contributed by atoms with Crippen LogP contribution in [0, 0.1) is 21.8 Å². The van der Waals surface area contributed by atoms with Crippen molar-refractivity contribution in [3.8, 4) is 0 Å². The molecule has 0 heterocycles. The fourth-order valence-electron chi connectivity index (χ4n) is 2.87. The number of benzene rings is 2. The molecule has 0 aliphatic carbocycles. The van der Waals surface area contributed by atoms with Crippen LogP contribution in [-0.4, -0.2) is 26.6 Å². The second-order valence-corrected chi connectivity index (χ2v) is 8.64. The van der Waals surface area contributed by atoms with E-state index in [1.807, 2.05) is 6.92 Å². The van der Waals surface area contributed by atoms with Gasteiger partial charge in [-0.05, 0) is 41.7 Å². The number of hydrogen-bond donors (Lipinski definition) is 1. The number of nitrogens with zero attached hydrogens (tertiary/aromatic N) is 1. The fourth-order valence-corrected chi connectivity index (χ4v) is 4.46. The van der Waals surface area contributed by atoms with E-state index in [1.54, 1.807) is 12.1 Å². The van der Waals surface area contributed by atoms with Gasteiger partial charge in [-0.1, -0.05) is 58.6 Å². The van der Waals surface area contributed by atoms with Crippen molar-refractivity contribution in [2.75, 3.05) is 12.4 Å². The molecule has 2 unspecified atom stereocenters. The van der Waals surface area contributed by atoms with E-state index in [2.05, 4.69) is 13.8 Å². The standard InChI is InChI=1S/C18H20FNO4S.C5H12/c1-2-13(11-21)12-25(24)18-7-6-16(19)10-15(18)8-14-4-3-5-17(9-14)20(22)23;1-3-5-4-2/h3-7,9-10,13,21H,2,8,11-12H2,1H3;3-5H2,1-2H3. The summed E-state index contributed by atoms with van der Waals surface area (Å²) in [6.45, 7) is 6.28. The van der Waals surface area contributed by atoms with Crippen LogP contribution in [0.1, 0.15) is 57.6 Å². The second-order valence-electron chi connectivity index (χ2n) is 7.18. The van der Waals surface area contributed by atoms with Crippen molar-refractivity contribution >= 4 is 16.5 Å². The van der Waals surface area contributed by atoms with Crippen LogP contribution in [-0.2, 0) is 17.2 Å². The van der Waals surface area contributed by atoms with Crippen LogP contribution in [0.3, 0.4) is 0 Å². The topological polar surface area (TPSA) is 80.4 Å². The first-order valence-electron chi connectivity index (χ1n) is 10.4. The highest BCUT2D eigenvalue weighted by atomic mass is 32.2. The summed E-state index contributed by atoms with van der Waals surface area (Å²) in [7, 11) is -1.38. The second kappa shape index (κ2) is 14.0. The highest BCUT2D eigenvalue weighted by molar-refractivity contribution is 7.85. The van der Waals surface area contributed by atoms with Gasteiger partial charge in [-0.3, -0.25) is 14.3 Å². The van der Waals surface area contributed by atoms with Crippen LogP contribution < -0.4 is 0 Å². The Labute approximate surface area is 180 Å². The predicted octanol–water partition coefficient (Wildman–Crippen LogP) is 5.65. The van der Waals surface area contributed by atoms with Crippen molar-refractivity contribution in [2.24, 2.45) is 5.92 Å². The third kappa shape index (κ3) is 8.71. The molecule has 2 aromatic carbocycles. The molecule has 0 amide bonds. The van der Waals surface area contributed by atoms with Gasteiger partial charge in [0.05, 0.1) is 15.7 Å². The molecule has 0 aromatic heterocycles. The monoisotopic (exact) mass is 437 g/mol. The lowest BCUT2D eigenvalue weighted by Crippen LogP contribution is -2.15. The van der Waals surface area contributed by atoms with Crippen molar-refractivity contribution < 1.29 is 18.6 Å². The summed E-state index contributed by atoms with van der Waals surface area (Å²) in [4.78, 5) is 10.9. The Morgan fingerprint density at radius 3 is 2.37 bits per heavy atom. The van der Waals surface area contributed by atoms with Gasteiger partial charge in [-0.15, -0.1) is 0 Å². The molecule has 30 heavy (non-hydrogen) atoms. The Kier molecular flexibility index (Phi) is 12.1. The van der Waals surface area contributed by atoms with Crippen LogP contribution in [0.15, 0.2) is 47.4 Å². The molecule has 5 nitrogen and oxygen atoms in total. The molecule has 0 radical (unpaired) electrons. The lowest BCUT2D eigenvalue weighted by atomic mass is 10.0. The first-order valence-corrected chi connectivity index (χ1v) is 11.7. The van der Waals surface area contributed by atoms with E-state index >= 15 is 0 Å². The summed E-state index contributed by atoms with van der Waals surface area (Å²) in [5, 5.41) is 20.2. The van der Waals surface area contributed by atoms with Crippen LogP contribution in [0.2, 0.25) is 0 Å². The zero-order chi connectivity index (χ0) is 22.5. The van der Waals surface area contributed by atoms with E-state index in [0.717, 1.165) is 0 Å².